The molecule has 0 spiro atoms. The predicted octanol–water partition coefficient (Wildman–Crippen LogP) is 3.82. The second-order valence-electron chi connectivity index (χ2n) is 7.15. The molecule has 4 rings (SSSR count). The number of non-ortho nitro benzene ring substituents is 1. The van der Waals surface area contributed by atoms with Crippen LogP contribution in [0.2, 0.25) is 0 Å². The highest BCUT2D eigenvalue weighted by atomic mass is 35.5. The Bertz CT molecular complexity index is 816. The van der Waals surface area contributed by atoms with E-state index in [9.17, 15) is 10.1 Å². The van der Waals surface area contributed by atoms with Crippen molar-refractivity contribution in [3.63, 3.8) is 0 Å². The second kappa shape index (κ2) is 8.25. The van der Waals surface area contributed by atoms with Crippen LogP contribution in [0.5, 0.6) is 5.75 Å². The van der Waals surface area contributed by atoms with Crippen LogP contribution in [0, 0.1) is 16.0 Å². The summed E-state index contributed by atoms with van der Waals surface area (Å²) < 4.78 is 5.81. The molecule has 0 aliphatic carbocycles. The minimum Gasteiger partial charge on any atom is -0.493 e. The van der Waals surface area contributed by atoms with E-state index in [1.54, 1.807) is 12.1 Å². The molecule has 0 bridgehead atoms. The van der Waals surface area contributed by atoms with Crippen LogP contribution in [0.25, 0.3) is 0 Å². The van der Waals surface area contributed by atoms with Crippen LogP contribution in [-0.4, -0.2) is 23.1 Å². The minimum atomic E-state index is -0.313. The topological polar surface area (TPSA) is 81.6 Å². The van der Waals surface area contributed by atoms with Gasteiger partial charge in [-0.3, -0.25) is 16.0 Å². The molecule has 2 aliphatic heterocycles. The standard InChI is InChI=1S/C20H23N3O3.ClH/c21-22-9-4-7-15(19(22)14-5-2-1-3-6-14)11-17-13-18(23(24)25)12-16-8-10-26-20(16)17;/h1-3,5-6,12-13,15,19H,4,7-11,21H2;1H/t15-,19+;/m0./s1. The molecule has 2 aliphatic rings. The predicted molar refractivity (Wildman–Crippen MR) is 106 cm³/mol. The van der Waals surface area contributed by atoms with Gasteiger partial charge in [0.25, 0.3) is 5.69 Å². The van der Waals surface area contributed by atoms with Crippen molar-refractivity contribution in [3.8, 4) is 5.75 Å². The van der Waals surface area contributed by atoms with Crippen molar-refractivity contribution in [3.05, 3.63) is 69.3 Å². The molecule has 27 heavy (non-hydrogen) atoms. The maximum absolute atomic E-state index is 11.3. The van der Waals surface area contributed by atoms with Gasteiger partial charge in [0, 0.05) is 36.2 Å². The highest BCUT2D eigenvalue weighted by Gasteiger charge is 2.33. The third-order valence-electron chi connectivity index (χ3n) is 5.47. The first-order valence-corrected chi connectivity index (χ1v) is 9.13. The van der Waals surface area contributed by atoms with Crippen LogP contribution >= 0.6 is 12.4 Å². The average molecular weight is 390 g/mol. The summed E-state index contributed by atoms with van der Waals surface area (Å²) in [6, 6.07) is 13.7. The number of hydrazine groups is 1. The summed E-state index contributed by atoms with van der Waals surface area (Å²) in [6.45, 7) is 1.46. The Morgan fingerprint density at radius 2 is 2.04 bits per heavy atom. The molecule has 2 N–H and O–H groups in total. The molecule has 144 valence electrons. The lowest BCUT2D eigenvalue weighted by molar-refractivity contribution is -0.385. The molecule has 6 nitrogen and oxygen atoms in total. The number of piperidine rings is 1. The van der Waals surface area contributed by atoms with Crippen LogP contribution in [0.15, 0.2) is 42.5 Å². The molecule has 1 fully saturated rings. The van der Waals surface area contributed by atoms with Gasteiger partial charge in [-0.15, -0.1) is 12.4 Å². The quantitative estimate of drug-likeness (QED) is 0.488. The van der Waals surface area contributed by atoms with Gasteiger partial charge in [-0.25, -0.2) is 5.01 Å². The lowest BCUT2D eigenvalue weighted by Crippen LogP contribution is -2.44. The van der Waals surface area contributed by atoms with Crippen LogP contribution in [-0.2, 0) is 12.8 Å². The van der Waals surface area contributed by atoms with Crippen molar-refractivity contribution in [2.24, 2.45) is 11.8 Å². The molecule has 1 saturated heterocycles. The van der Waals surface area contributed by atoms with E-state index in [0.717, 1.165) is 49.1 Å². The Balaban J connectivity index is 0.00000210. The van der Waals surface area contributed by atoms with Crippen molar-refractivity contribution < 1.29 is 9.66 Å². The molecular weight excluding hydrogens is 366 g/mol. The zero-order chi connectivity index (χ0) is 18.1. The summed E-state index contributed by atoms with van der Waals surface area (Å²) in [5, 5.41) is 13.2. The first-order chi connectivity index (χ1) is 12.6. The Kier molecular flexibility index (Phi) is 5.99. The van der Waals surface area contributed by atoms with Gasteiger partial charge < -0.3 is 4.74 Å². The number of fused-ring (bicyclic) bond motifs is 1. The van der Waals surface area contributed by atoms with Crippen molar-refractivity contribution in [2.75, 3.05) is 13.2 Å². The van der Waals surface area contributed by atoms with E-state index in [2.05, 4.69) is 12.1 Å². The molecule has 0 amide bonds. The summed E-state index contributed by atoms with van der Waals surface area (Å²) in [5.74, 6) is 7.48. The summed E-state index contributed by atoms with van der Waals surface area (Å²) in [5.41, 5.74) is 3.24. The Hall–Kier alpha value is -2.15. The van der Waals surface area contributed by atoms with Gasteiger partial charge in [-0.1, -0.05) is 30.3 Å². The largest absolute Gasteiger partial charge is 0.493 e. The Morgan fingerprint density at radius 3 is 2.78 bits per heavy atom. The van der Waals surface area contributed by atoms with E-state index in [1.165, 1.54) is 5.56 Å². The monoisotopic (exact) mass is 389 g/mol. The molecule has 0 saturated carbocycles. The van der Waals surface area contributed by atoms with Crippen molar-refractivity contribution in [2.45, 2.75) is 31.7 Å². The Morgan fingerprint density at radius 1 is 1.26 bits per heavy atom. The summed E-state index contributed by atoms with van der Waals surface area (Å²) in [7, 11) is 0. The smallest absolute Gasteiger partial charge is 0.270 e. The van der Waals surface area contributed by atoms with Gasteiger partial charge in [-0.05, 0) is 30.7 Å². The van der Waals surface area contributed by atoms with Crippen molar-refractivity contribution >= 4 is 18.1 Å². The fourth-order valence-corrected chi connectivity index (χ4v) is 4.34. The first-order valence-electron chi connectivity index (χ1n) is 9.13. The van der Waals surface area contributed by atoms with Crippen molar-refractivity contribution in [1.82, 2.24) is 5.01 Å². The van der Waals surface area contributed by atoms with Gasteiger partial charge in [0.2, 0.25) is 0 Å². The van der Waals surface area contributed by atoms with E-state index in [4.69, 9.17) is 10.6 Å². The van der Waals surface area contributed by atoms with E-state index in [-0.39, 0.29) is 29.1 Å². The van der Waals surface area contributed by atoms with Crippen LogP contribution in [0.1, 0.15) is 35.6 Å². The van der Waals surface area contributed by atoms with E-state index in [0.29, 0.717) is 12.5 Å². The normalized spacial score (nSPS) is 21.8. The number of nitrogens with two attached hydrogens (primary N) is 1. The number of nitro groups is 1. The van der Waals surface area contributed by atoms with Gasteiger partial charge >= 0.3 is 0 Å². The highest BCUT2D eigenvalue weighted by Crippen LogP contribution is 2.41. The number of halogens is 1. The number of nitro benzene ring substituents is 1. The summed E-state index contributed by atoms with van der Waals surface area (Å²) >= 11 is 0. The minimum absolute atomic E-state index is 0. The third kappa shape index (κ3) is 3.93. The number of rotatable bonds is 4. The number of benzene rings is 2. The summed E-state index contributed by atoms with van der Waals surface area (Å²) in [4.78, 5) is 11.0. The van der Waals surface area contributed by atoms with E-state index in [1.807, 2.05) is 23.2 Å². The number of ether oxygens (including phenoxy) is 1. The molecule has 2 aromatic carbocycles. The molecule has 0 radical (unpaired) electrons. The van der Waals surface area contributed by atoms with E-state index >= 15 is 0 Å². The molecule has 0 unspecified atom stereocenters. The lowest BCUT2D eigenvalue weighted by Gasteiger charge is -2.39. The molecule has 7 heteroatoms. The molecule has 2 atom stereocenters. The van der Waals surface area contributed by atoms with Crippen LogP contribution in [0.4, 0.5) is 5.69 Å². The number of nitrogens with zero attached hydrogens (tertiary/aromatic N) is 2. The Labute approximate surface area is 164 Å². The maximum Gasteiger partial charge on any atom is 0.270 e. The number of hydrogen-bond acceptors (Lipinski definition) is 5. The SMILES string of the molecule is Cl.NN1CCC[C@@H](Cc2cc([N+](=O)[O-])cc3c2OCC3)[C@H]1c1ccccc1. The molecule has 0 aromatic heterocycles. The van der Waals surface area contributed by atoms with E-state index < -0.39 is 0 Å². The van der Waals surface area contributed by atoms with Gasteiger partial charge in [0.05, 0.1) is 17.6 Å². The second-order valence-corrected chi connectivity index (χ2v) is 7.15. The van der Waals surface area contributed by atoms with Gasteiger partial charge in [0.1, 0.15) is 5.75 Å². The van der Waals surface area contributed by atoms with Crippen LogP contribution < -0.4 is 10.6 Å². The van der Waals surface area contributed by atoms with Gasteiger partial charge in [0.15, 0.2) is 0 Å². The first kappa shape index (κ1) is 19.6. The zero-order valence-corrected chi connectivity index (χ0v) is 15.9. The summed E-state index contributed by atoms with van der Waals surface area (Å²) in [6.07, 6.45) is 3.55. The average Bonchev–Trinajstić information content (AvgIpc) is 3.11. The van der Waals surface area contributed by atoms with Crippen LogP contribution in [0.3, 0.4) is 0 Å². The van der Waals surface area contributed by atoms with Gasteiger partial charge in [-0.2, -0.15) is 0 Å². The third-order valence-corrected chi connectivity index (χ3v) is 5.47. The van der Waals surface area contributed by atoms with Crippen molar-refractivity contribution in [1.29, 1.82) is 0 Å². The fourth-order valence-electron chi connectivity index (χ4n) is 4.34. The maximum atomic E-state index is 11.3. The highest BCUT2D eigenvalue weighted by molar-refractivity contribution is 5.85. The lowest BCUT2D eigenvalue weighted by atomic mass is 9.81. The number of hydrogen-bond donors (Lipinski definition) is 1. The molecule has 2 aromatic rings. The zero-order valence-electron chi connectivity index (χ0n) is 15.0. The molecular formula is C20H24ClN3O3. The fraction of sp³-hybridized carbons (Fsp3) is 0.400. The molecule has 2 heterocycles.